The quantitative estimate of drug-likeness (QED) is 0.882. The van der Waals surface area contributed by atoms with Gasteiger partial charge in [0, 0.05) is 32.5 Å². The molecule has 6 nitrogen and oxygen atoms in total. The number of aliphatic hydroxyl groups excluding tert-OH is 1. The van der Waals surface area contributed by atoms with Gasteiger partial charge in [0.05, 0.1) is 6.04 Å². The Balaban J connectivity index is 1.93. The van der Waals surface area contributed by atoms with Crippen molar-refractivity contribution in [2.75, 3.05) is 27.2 Å². The highest BCUT2D eigenvalue weighted by Crippen LogP contribution is 2.30. The number of imidazole rings is 1. The van der Waals surface area contributed by atoms with Gasteiger partial charge in [-0.2, -0.15) is 0 Å². The second-order valence-corrected chi connectivity index (χ2v) is 6.39. The van der Waals surface area contributed by atoms with Crippen LogP contribution in [0.1, 0.15) is 38.1 Å². The second kappa shape index (κ2) is 7.24. The highest BCUT2D eigenvalue weighted by molar-refractivity contribution is 5.81. The summed E-state index contributed by atoms with van der Waals surface area (Å²) in [6.07, 6.45) is 5.47. The number of nitrogens with zero attached hydrogens (tertiary/aromatic N) is 4. The summed E-state index contributed by atoms with van der Waals surface area (Å²) in [7, 11) is 5.79. The van der Waals surface area contributed by atoms with Crippen LogP contribution in [-0.2, 0) is 11.8 Å². The molecule has 124 valence electrons. The molecule has 1 aliphatic heterocycles. The molecule has 0 aromatic carbocycles. The Labute approximate surface area is 132 Å². The first-order chi connectivity index (χ1) is 10.5. The van der Waals surface area contributed by atoms with Gasteiger partial charge in [0.1, 0.15) is 11.9 Å². The van der Waals surface area contributed by atoms with Crippen LogP contribution >= 0.6 is 0 Å². The van der Waals surface area contributed by atoms with Gasteiger partial charge in [-0.15, -0.1) is 0 Å². The normalized spacial score (nSPS) is 19.5. The summed E-state index contributed by atoms with van der Waals surface area (Å²) in [6, 6.07) is -0.0454. The van der Waals surface area contributed by atoms with Crippen molar-refractivity contribution >= 4 is 5.91 Å². The number of likely N-dealkylation sites (tertiary alicyclic amines) is 1. The number of carbonyl (C=O) groups excluding carboxylic acids is 1. The van der Waals surface area contributed by atoms with E-state index in [2.05, 4.69) is 4.98 Å². The monoisotopic (exact) mass is 308 g/mol. The van der Waals surface area contributed by atoms with Crippen molar-refractivity contribution in [2.45, 2.75) is 38.3 Å². The number of aromatic nitrogens is 2. The summed E-state index contributed by atoms with van der Waals surface area (Å²) in [4.78, 5) is 20.7. The van der Waals surface area contributed by atoms with Crippen LogP contribution in [0.2, 0.25) is 0 Å². The molecule has 1 saturated heterocycles. The zero-order valence-electron chi connectivity index (χ0n) is 14.1. The lowest BCUT2D eigenvalue weighted by Crippen LogP contribution is -2.49. The van der Waals surface area contributed by atoms with Crippen LogP contribution in [-0.4, -0.2) is 63.6 Å². The predicted molar refractivity (Wildman–Crippen MR) is 85.2 cm³/mol. The summed E-state index contributed by atoms with van der Waals surface area (Å²) >= 11 is 0. The second-order valence-electron chi connectivity index (χ2n) is 6.39. The minimum atomic E-state index is -0.548. The van der Waals surface area contributed by atoms with Gasteiger partial charge in [-0.25, -0.2) is 4.98 Å². The molecule has 0 bridgehead atoms. The van der Waals surface area contributed by atoms with Crippen molar-refractivity contribution in [3.8, 4) is 0 Å². The molecular weight excluding hydrogens is 280 g/mol. The molecule has 2 heterocycles. The largest absolute Gasteiger partial charge is 0.385 e. The van der Waals surface area contributed by atoms with E-state index in [1.165, 1.54) is 0 Å². The van der Waals surface area contributed by atoms with Crippen molar-refractivity contribution < 1.29 is 9.90 Å². The van der Waals surface area contributed by atoms with Crippen molar-refractivity contribution in [3.63, 3.8) is 0 Å². The third-order valence-electron chi connectivity index (χ3n) is 4.72. The Hall–Kier alpha value is -1.40. The molecule has 22 heavy (non-hydrogen) atoms. The average molecular weight is 308 g/mol. The fraction of sp³-hybridized carbons (Fsp3) is 0.750. The van der Waals surface area contributed by atoms with E-state index < -0.39 is 6.10 Å². The molecule has 2 rings (SSSR count). The average Bonchev–Trinajstić information content (AvgIpc) is 2.93. The van der Waals surface area contributed by atoms with Gasteiger partial charge in [-0.3, -0.25) is 9.69 Å². The molecule has 2 unspecified atom stereocenters. The number of likely N-dealkylation sites (N-methyl/N-ethyl adjacent to an activating group) is 1. The molecule has 0 saturated carbocycles. The minimum absolute atomic E-state index is 0.0454. The standard InChI is InChI=1S/C16H28N4O2/c1-5-13(18(2)3)16(22)20-9-6-12(7-10-20)14(21)15-17-8-11-19(15)4/h8,11-14,21H,5-7,9-10H2,1-4H3. The van der Waals surface area contributed by atoms with Crippen molar-refractivity contribution in [3.05, 3.63) is 18.2 Å². The van der Waals surface area contributed by atoms with Gasteiger partial charge in [0.25, 0.3) is 0 Å². The van der Waals surface area contributed by atoms with Crippen LogP contribution in [0.5, 0.6) is 0 Å². The van der Waals surface area contributed by atoms with Crippen molar-refractivity contribution in [2.24, 2.45) is 13.0 Å². The van der Waals surface area contributed by atoms with Gasteiger partial charge in [0.15, 0.2) is 0 Å². The van der Waals surface area contributed by atoms with Crippen LogP contribution in [0.25, 0.3) is 0 Å². The van der Waals surface area contributed by atoms with Crippen LogP contribution in [0.15, 0.2) is 12.4 Å². The molecule has 1 aliphatic rings. The Morgan fingerprint density at radius 3 is 2.55 bits per heavy atom. The first-order valence-electron chi connectivity index (χ1n) is 8.06. The molecule has 1 fully saturated rings. The van der Waals surface area contributed by atoms with E-state index in [0.717, 1.165) is 32.4 Å². The fourth-order valence-corrected chi connectivity index (χ4v) is 3.28. The van der Waals surface area contributed by atoms with Crippen LogP contribution in [0.4, 0.5) is 0 Å². The Morgan fingerprint density at radius 1 is 1.45 bits per heavy atom. The number of rotatable bonds is 5. The molecule has 1 amide bonds. The summed E-state index contributed by atoms with van der Waals surface area (Å²) in [6.45, 7) is 3.48. The highest BCUT2D eigenvalue weighted by atomic mass is 16.3. The van der Waals surface area contributed by atoms with Gasteiger partial charge in [-0.1, -0.05) is 6.92 Å². The maximum atomic E-state index is 12.5. The smallest absolute Gasteiger partial charge is 0.239 e. The zero-order valence-corrected chi connectivity index (χ0v) is 14.1. The molecular formula is C16H28N4O2. The van der Waals surface area contributed by atoms with E-state index in [9.17, 15) is 9.90 Å². The lowest BCUT2D eigenvalue weighted by atomic mass is 9.90. The molecule has 0 aliphatic carbocycles. The zero-order chi connectivity index (χ0) is 16.3. The number of hydrogen-bond acceptors (Lipinski definition) is 4. The first kappa shape index (κ1) is 17.0. The van der Waals surface area contributed by atoms with E-state index in [-0.39, 0.29) is 17.9 Å². The van der Waals surface area contributed by atoms with E-state index >= 15 is 0 Å². The third kappa shape index (κ3) is 3.50. The molecule has 1 aromatic rings. The molecule has 1 aromatic heterocycles. The lowest BCUT2D eigenvalue weighted by molar-refractivity contribution is -0.138. The van der Waals surface area contributed by atoms with Crippen molar-refractivity contribution in [1.82, 2.24) is 19.4 Å². The molecule has 2 atom stereocenters. The third-order valence-corrected chi connectivity index (χ3v) is 4.72. The Morgan fingerprint density at radius 2 is 2.09 bits per heavy atom. The number of amides is 1. The summed E-state index contributed by atoms with van der Waals surface area (Å²) in [5.74, 6) is 1.09. The molecule has 0 spiro atoms. The minimum Gasteiger partial charge on any atom is -0.385 e. The number of aliphatic hydroxyl groups is 1. The van der Waals surface area contributed by atoms with Crippen molar-refractivity contribution in [1.29, 1.82) is 0 Å². The van der Waals surface area contributed by atoms with E-state index in [1.807, 2.05) is 48.6 Å². The molecule has 1 N–H and O–H groups in total. The van der Waals surface area contributed by atoms with E-state index in [4.69, 9.17) is 0 Å². The fourth-order valence-electron chi connectivity index (χ4n) is 3.28. The number of hydrogen-bond donors (Lipinski definition) is 1. The number of carbonyl (C=O) groups is 1. The van der Waals surface area contributed by atoms with E-state index in [0.29, 0.717) is 5.82 Å². The SMILES string of the molecule is CCC(C(=O)N1CCC(C(O)c2nccn2C)CC1)N(C)C. The number of aryl methyl sites for hydroxylation is 1. The molecule has 6 heteroatoms. The van der Waals surface area contributed by atoms with Crippen LogP contribution in [0, 0.1) is 5.92 Å². The predicted octanol–water partition coefficient (Wildman–Crippen LogP) is 1.03. The lowest BCUT2D eigenvalue weighted by Gasteiger charge is -2.36. The van der Waals surface area contributed by atoms with E-state index in [1.54, 1.807) is 6.20 Å². The number of piperidine rings is 1. The summed E-state index contributed by atoms with van der Waals surface area (Å²) in [5.41, 5.74) is 0. The highest BCUT2D eigenvalue weighted by Gasteiger charge is 2.32. The van der Waals surface area contributed by atoms with Gasteiger partial charge in [-0.05, 0) is 39.3 Å². The topological polar surface area (TPSA) is 61.6 Å². The first-order valence-corrected chi connectivity index (χ1v) is 8.06. The Kier molecular flexibility index (Phi) is 5.58. The van der Waals surface area contributed by atoms with Gasteiger partial charge >= 0.3 is 0 Å². The van der Waals surface area contributed by atoms with Crippen LogP contribution < -0.4 is 0 Å². The summed E-state index contributed by atoms with van der Waals surface area (Å²) in [5, 5.41) is 10.5. The van der Waals surface area contributed by atoms with Crippen LogP contribution in [0.3, 0.4) is 0 Å². The van der Waals surface area contributed by atoms with Gasteiger partial charge in [0.2, 0.25) is 5.91 Å². The van der Waals surface area contributed by atoms with Gasteiger partial charge < -0.3 is 14.6 Å². The maximum absolute atomic E-state index is 12.5. The maximum Gasteiger partial charge on any atom is 0.239 e. The molecule has 0 radical (unpaired) electrons. The summed E-state index contributed by atoms with van der Waals surface area (Å²) < 4.78 is 1.86. The Bertz CT molecular complexity index is 492.